The van der Waals surface area contributed by atoms with Crippen LogP contribution in [0.2, 0.25) is 5.02 Å². The van der Waals surface area contributed by atoms with Crippen LogP contribution in [-0.4, -0.2) is 12.1 Å². The van der Waals surface area contributed by atoms with Crippen LogP contribution < -0.4 is 10.1 Å². The fraction of sp³-hybridized carbons (Fsp3) is 0.167. The van der Waals surface area contributed by atoms with Gasteiger partial charge in [0.2, 0.25) is 0 Å². The molecule has 22 heavy (non-hydrogen) atoms. The number of rotatable bonds is 3. The van der Waals surface area contributed by atoms with Crippen molar-refractivity contribution in [2.24, 2.45) is 0 Å². The molecule has 0 unspecified atom stereocenters. The number of hydrogen-bond donors (Lipinski definition) is 1. The van der Waals surface area contributed by atoms with E-state index in [1.54, 1.807) is 7.11 Å². The Morgan fingerprint density at radius 3 is 2.55 bits per heavy atom. The summed E-state index contributed by atoms with van der Waals surface area (Å²) in [5.41, 5.74) is 5.03. The van der Waals surface area contributed by atoms with Crippen LogP contribution in [0.25, 0.3) is 10.9 Å². The monoisotopic (exact) mass is 312 g/mol. The second-order valence-corrected chi connectivity index (χ2v) is 5.71. The minimum absolute atomic E-state index is 0.737. The molecule has 3 rings (SSSR count). The Hall–Kier alpha value is -2.26. The second kappa shape index (κ2) is 5.85. The highest BCUT2D eigenvalue weighted by atomic mass is 35.5. The van der Waals surface area contributed by atoms with E-state index in [1.807, 2.05) is 56.3 Å². The molecule has 0 saturated heterocycles. The number of methoxy groups -OCH3 is 1. The van der Waals surface area contributed by atoms with Crippen LogP contribution in [0.1, 0.15) is 11.3 Å². The van der Waals surface area contributed by atoms with Gasteiger partial charge in [0.1, 0.15) is 5.75 Å². The minimum Gasteiger partial charge on any atom is -0.497 e. The van der Waals surface area contributed by atoms with Crippen LogP contribution in [-0.2, 0) is 0 Å². The molecule has 4 heteroatoms. The van der Waals surface area contributed by atoms with E-state index in [1.165, 1.54) is 0 Å². The Balaban J connectivity index is 2.12. The predicted octanol–water partition coefficient (Wildman–Crippen LogP) is 5.26. The van der Waals surface area contributed by atoms with Gasteiger partial charge in [0.25, 0.3) is 0 Å². The lowest BCUT2D eigenvalue weighted by molar-refractivity contribution is 0.415. The number of benzene rings is 2. The van der Waals surface area contributed by atoms with Gasteiger partial charge in [-0.05, 0) is 61.9 Å². The van der Waals surface area contributed by atoms with Gasteiger partial charge >= 0.3 is 0 Å². The molecule has 1 aromatic heterocycles. The van der Waals surface area contributed by atoms with Crippen LogP contribution >= 0.6 is 11.6 Å². The largest absolute Gasteiger partial charge is 0.497 e. The van der Waals surface area contributed by atoms with Crippen LogP contribution in [0, 0.1) is 13.8 Å². The molecule has 0 atom stereocenters. The first kappa shape index (κ1) is 14.7. The summed E-state index contributed by atoms with van der Waals surface area (Å²) < 4.78 is 5.32. The molecule has 0 aliphatic heterocycles. The maximum Gasteiger partial charge on any atom is 0.119 e. The molecule has 0 aliphatic carbocycles. The van der Waals surface area contributed by atoms with Crippen molar-refractivity contribution in [1.29, 1.82) is 0 Å². The maximum atomic E-state index is 6.03. The van der Waals surface area contributed by atoms with Gasteiger partial charge in [-0.1, -0.05) is 11.6 Å². The lowest BCUT2D eigenvalue weighted by Crippen LogP contribution is -1.97. The van der Waals surface area contributed by atoms with E-state index in [2.05, 4.69) is 10.3 Å². The molecule has 112 valence electrons. The molecule has 0 amide bonds. The molecule has 3 nitrogen and oxygen atoms in total. The van der Waals surface area contributed by atoms with Crippen molar-refractivity contribution in [3.63, 3.8) is 0 Å². The third-order valence-corrected chi connectivity index (χ3v) is 3.84. The highest BCUT2D eigenvalue weighted by Crippen LogP contribution is 2.31. The molecule has 0 spiro atoms. The van der Waals surface area contributed by atoms with E-state index in [0.29, 0.717) is 0 Å². The van der Waals surface area contributed by atoms with E-state index in [4.69, 9.17) is 16.3 Å². The molecule has 3 aromatic rings. The van der Waals surface area contributed by atoms with E-state index in [9.17, 15) is 0 Å². The average Bonchev–Trinajstić information content (AvgIpc) is 2.49. The van der Waals surface area contributed by atoms with Gasteiger partial charge in [-0.3, -0.25) is 4.98 Å². The molecule has 0 bridgehead atoms. The molecule has 1 N–H and O–H groups in total. The lowest BCUT2D eigenvalue weighted by Gasteiger charge is -2.14. The fourth-order valence-corrected chi connectivity index (χ4v) is 2.71. The van der Waals surface area contributed by atoms with Gasteiger partial charge in [0.15, 0.2) is 0 Å². The van der Waals surface area contributed by atoms with Gasteiger partial charge in [-0.15, -0.1) is 0 Å². The van der Waals surface area contributed by atoms with Gasteiger partial charge in [0, 0.05) is 27.5 Å². The van der Waals surface area contributed by atoms with E-state index in [-0.39, 0.29) is 0 Å². The summed E-state index contributed by atoms with van der Waals surface area (Å²) in [7, 11) is 1.67. The van der Waals surface area contributed by atoms with Gasteiger partial charge in [0.05, 0.1) is 12.6 Å². The number of aromatic nitrogens is 1. The molecule has 0 saturated carbocycles. The number of nitrogens with zero attached hydrogens (tertiary/aromatic N) is 1. The molecular weight excluding hydrogens is 296 g/mol. The van der Waals surface area contributed by atoms with Crippen LogP contribution in [0.4, 0.5) is 11.4 Å². The van der Waals surface area contributed by atoms with Crippen LogP contribution in [0.5, 0.6) is 5.75 Å². The Kier molecular flexibility index (Phi) is 3.90. The summed E-state index contributed by atoms with van der Waals surface area (Å²) >= 11 is 6.03. The minimum atomic E-state index is 0.737. The van der Waals surface area contributed by atoms with Gasteiger partial charge in [-0.2, -0.15) is 0 Å². The number of halogens is 1. The summed E-state index contributed by atoms with van der Waals surface area (Å²) in [6.45, 7) is 4.02. The Bertz CT molecular complexity index is 846. The van der Waals surface area contributed by atoms with Crippen molar-refractivity contribution >= 4 is 33.9 Å². The first-order valence-corrected chi connectivity index (χ1v) is 7.43. The third-order valence-electron chi connectivity index (χ3n) is 3.60. The zero-order valence-electron chi connectivity index (χ0n) is 12.8. The number of aryl methyl sites for hydroxylation is 2. The third kappa shape index (κ3) is 2.85. The van der Waals surface area contributed by atoms with E-state index >= 15 is 0 Å². The molecular formula is C18H17ClN2O. The Morgan fingerprint density at radius 2 is 1.82 bits per heavy atom. The summed E-state index contributed by atoms with van der Waals surface area (Å²) in [4.78, 5) is 4.57. The fourth-order valence-electron chi connectivity index (χ4n) is 2.48. The number of anilines is 2. The van der Waals surface area contributed by atoms with E-state index < -0.39 is 0 Å². The summed E-state index contributed by atoms with van der Waals surface area (Å²) in [6.07, 6.45) is 0. The Labute approximate surface area is 134 Å². The highest BCUT2D eigenvalue weighted by Gasteiger charge is 2.07. The molecule has 0 aliphatic rings. The quantitative estimate of drug-likeness (QED) is 0.716. The predicted molar refractivity (Wildman–Crippen MR) is 92.5 cm³/mol. The topological polar surface area (TPSA) is 34.1 Å². The van der Waals surface area contributed by atoms with Crippen molar-refractivity contribution in [2.45, 2.75) is 13.8 Å². The number of pyridine rings is 1. The van der Waals surface area contributed by atoms with Crippen molar-refractivity contribution in [3.05, 3.63) is 58.7 Å². The van der Waals surface area contributed by atoms with Crippen molar-refractivity contribution < 1.29 is 4.74 Å². The zero-order valence-corrected chi connectivity index (χ0v) is 13.5. The number of fused-ring (bicyclic) bond motifs is 1. The SMILES string of the molecule is COc1ccc2nc(C)cc(Nc3ccc(Cl)cc3C)c2c1. The number of ether oxygens (including phenoxy) is 1. The molecule has 1 heterocycles. The summed E-state index contributed by atoms with van der Waals surface area (Å²) in [5.74, 6) is 0.814. The normalized spacial score (nSPS) is 10.7. The van der Waals surface area contributed by atoms with Gasteiger partial charge < -0.3 is 10.1 Å². The zero-order chi connectivity index (χ0) is 15.7. The van der Waals surface area contributed by atoms with Crippen LogP contribution in [0.15, 0.2) is 42.5 Å². The first-order chi connectivity index (χ1) is 10.6. The lowest BCUT2D eigenvalue weighted by atomic mass is 10.1. The van der Waals surface area contributed by atoms with Crippen LogP contribution in [0.3, 0.4) is 0 Å². The van der Waals surface area contributed by atoms with Gasteiger partial charge in [-0.25, -0.2) is 0 Å². The molecule has 0 fully saturated rings. The number of hydrogen-bond acceptors (Lipinski definition) is 3. The maximum absolute atomic E-state index is 6.03. The van der Waals surface area contributed by atoms with Crippen molar-refractivity contribution in [2.75, 3.05) is 12.4 Å². The van der Waals surface area contributed by atoms with Crippen molar-refractivity contribution in [3.8, 4) is 5.75 Å². The summed E-state index contributed by atoms with van der Waals surface area (Å²) in [6, 6.07) is 13.7. The first-order valence-electron chi connectivity index (χ1n) is 7.05. The molecule has 0 radical (unpaired) electrons. The highest BCUT2D eigenvalue weighted by molar-refractivity contribution is 6.30. The molecule has 2 aromatic carbocycles. The second-order valence-electron chi connectivity index (χ2n) is 5.28. The summed E-state index contributed by atoms with van der Waals surface area (Å²) in [5, 5.41) is 5.24. The average molecular weight is 313 g/mol. The Morgan fingerprint density at radius 1 is 1.00 bits per heavy atom. The van der Waals surface area contributed by atoms with Crippen molar-refractivity contribution in [1.82, 2.24) is 4.98 Å². The standard InChI is InChI=1S/C18H17ClN2O/c1-11-8-13(19)4-6-16(11)21-18-9-12(2)20-17-7-5-14(22-3)10-15(17)18/h4-10H,1-3H3,(H,20,21). The van der Waals surface area contributed by atoms with E-state index in [0.717, 1.165) is 44.3 Å². The number of nitrogens with one attached hydrogen (secondary N) is 1. The smallest absolute Gasteiger partial charge is 0.119 e.